The Morgan fingerprint density at radius 2 is 2.06 bits per heavy atom. The second kappa shape index (κ2) is 10.2. The molecule has 0 saturated heterocycles. The maximum Gasteiger partial charge on any atom is 0.323 e. The van der Waals surface area contributed by atoms with Crippen molar-refractivity contribution in [2.45, 2.75) is 39.2 Å². The van der Waals surface area contributed by atoms with E-state index >= 15 is 0 Å². The molecule has 0 aromatic carbocycles. The topological polar surface area (TPSA) is 41.6 Å². The molecule has 108 valence electrons. The maximum absolute atomic E-state index is 12.1. The van der Waals surface area contributed by atoms with E-state index in [1.807, 2.05) is 6.92 Å². The van der Waals surface area contributed by atoms with Crippen molar-refractivity contribution in [2.24, 2.45) is 0 Å². The Labute approximate surface area is 108 Å². The zero-order valence-corrected chi connectivity index (χ0v) is 11.4. The van der Waals surface area contributed by atoms with Crippen LogP contribution in [0.4, 0.5) is 8.78 Å². The van der Waals surface area contributed by atoms with Crippen LogP contribution in [0.15, 0.2) is 0 Å². The lowest BCUT2D eigenvalue weighted by molar-refractivity contribution is -0.145. The molecule has 0 aliphatic heterocycles. The van der Waals surface area contributed by atoms with E-state index in [-0.39, 0.29) is 12.5 Å². The molecular weight excluding hydrogens is 242 g/mol. The molecule has 1 N–H and O–H groups in total. The third-order valence-electron chi connectivity index (χ3n) is 2.46. The normalized spacial score (nSPS) is 13.1. The van der Waals surface area contributed by atoms with E-state index in [1.165, 1.54) is 4.90 Å². The lowest BCUT2D eigenvalue weighted by Gasteiger charge is -2.21. The van der Waals surface area contributed by atoms with Gasteiger partial charge in [0.1, 0.15) is 6.04 Å². The van der Waals surface area contributed by atoms with Crippen molar-refractivity contribution in [3.63, 3.8) is 0 Å². The van der Waals surface area contributed by atoms with Crippen LogP contribution in [-0.4, -0.2) is 56.6 Å². The Balaban J connectivity index is 4.10. The summed E-state index contributed by atoms with van der Waals surface area (Å²) in [7, 11) is 1.62. The Bertz CT molecular complexity index is 228. The molecule has 0 fully saturated rings. The Morgan fingerprint density at radius 1 is 1.39 bits per heavy atom. The standard InChI is InChI=1S/C12H24F2N2O2/c1-4-7-15-10(12(17)18-5-2)6-8-16(3)9-11(13)14/h10-11,15H,4-9H2,1-3H3. The first-order chi connectivity index (χ1) is 8.51. The molecule has 0 amide bonds. The predicted molar refractivity (Wildman–Crippen MR) is 66.8 cm³/mol. The number of alkyl halides is 2. The summed E-state index contributed by atoms with van der Waals surface area (Å²) in [6.45, 7) is 4.95. The number of hydrogen-bond acceptors (Lipinski definition) is 4. The SMILES string of the molecule is CCCNC(CCN(C)CC(F)F)C(=O)OCC. The monoisotopic (exact) mass is 266 g/mol. The molecule has 0 aliphatic carbocycles. The number of carbonyl (C=O) groups excluding carboxylic acids is 1. The average Bonchev–Trinajstić information content (AvgIpc) is 2.28. The van der Waals surface area contributed by atoms with Crippen LogP contribution in [0.2, 0.25) is 0 Å². The highest BCUT2D eigenvalue weighted by atomic mass is 19.3. The summed E-state index contributed by atoms with van der Waals surface area (Å²) in [6, 6.07) is -0.412. The molecule has 0 saturated carbocycles. The second-order valence-corrected chi connectivity index (χ2v) is 4.20. The van der Waals surface area contributed by atoms with Gasteiger partial charge in [-0.3, -0.25) is 4.79 Å². The average molecular weight is 266 g/mol. The van der Waals surface area contributed by atoms with Crippen LogP contribution in [0.1, 0.15) is 26.7 Å². The van der Waals surface area contributed by atoms with Gasteiger partial charge in [0.05, 0.1) is 13.2 Å². The highest BCUT2D eigenvalue weighted by Crippen LogP contribution is 2.01. The summed E-state index contributed by atoms with van der Waals surface area (Å²) in [5, 5.41) is 3.07. The molecule has 6 heteroatoms. The molecule has 0 radical (unpaired) electrons. The van der Waals surface area contributed by atoms with Crippen LogP contribution in [0.3, 0.4) is 0 Å². The molecule has 0 rings (SSSR count). The second-order valence-electron chi connectivity index (χ2n) is 4.20. The highest BCUT2D eigenvalue weighted by molar-refractivity contribution is 5.75. The number of nitrogens with zero attached hydrogens (tertiary/aromatic N) is 1. The van der Waals surface area contributed by atoms with Gasteiger partial charge in [0, 0.05) is 6.54 Å². The van der Waals surface area contributed by atoms with E-state index in [4.69, 9.17) is 4.74 Å². The van der Waals surface area contributed by atoms with Gasteiger partial charge in [-0.25, -0.2) is 8.78 Å². The number of carbonyl (C=O) groups is 1. The van der Waals surface area contributed by atoms with Crippen LogP contribution < -0.4 is 5.32 Å². The van der Waals surface area contributed by atoms with Gasteiger partial charge in [-0.1, -0.05) is 6.92 Å². The molecule has 0 aliphatic rings. The number of ether oxygens (including phenoxy) is 1. The third-order valence-corrected chi connectivity index (χ3v) is 2.46. The van der Waals surface area contributed by atoms with Crippen LogP contribution in [0.5, 0.6) is 0 Å². The van der Waals surface area contributed by atoms with Gasteiger partial charge in [0.2, 0.25) is 0 Å². The number of halogens is 2. The van der Waals surface area contributed by atoms with Gasteiger partial charge in [-0.05, 0) is 33.4 Å². The van der Waals surface area contributed by atoms with Gasteiger partial charge in [0.25, 0.3) is 6.43 Å². The molecule has 1 atom stereocenters. The molecule has 4 nitrogen and oxygen atoms in total. The molecule has 0 aromatic rings. The molecule has 0 heterocycles. The summed E-state index contributed by atoms with van der Waals surface area (Å²) in [4.78, 5) is 13.2. The third kappa shape index (κ3) is 8.36. The van der Waals surface area contributed by atoms with Crippen molar-refractivity contribution in [1.82, 2.24) is 10.2 Å². The summed E-state index contributed by atoms with van der Waals surface area (Å²) in [5.41, 5.74) is 0. The minimum Gasteiger partial charge on any atom is -0.465 e. The first-order valence-electron chi connectivity index (χ1n) is 6.37. The quantitative estimate of drug-likeness (QED) is 0.609. The minimum atomic E-state index is -2.35. The molecule has 0 bridgehead atoms. The fourth-order valence-electron chi connectivity index (χ4n) is 1.54. The molecular formula is C12H24F2N2O2. The van der Waals surface area contributed by atoms with Gasteiger partial charge in [0.15, 0.2) is 0 Å². The zero-order valence-electron chi connectivity index (χ0n) is 11.4. The first kappa shape index (κ1) is 17.2. The summed E-state index contributed by atoms with van der Waals surface area (Å²) >= 11 is 0. The maximum atomic E-state index is 12.1. The van der Waals surface area contributed by atoms with E-state index in [2.05, 4.69) is 5.32 Å². The van der Waals surface area contributed by atoms with E-state index in [0.717, 1.165) is 6.42 Å². The molecule has 0 aromatic heterocycles. The van der Waals surface area contributed by atoms with E-state index in [9.17, 15) is 13.6 Å². The minimum absolute atomic E-state index is 0.274. The van der Waals surface area contributed by atoms with E-state index < -0.39 is 12.5 Å². The Kier molecular flexibility index (Phi) is 9.77. The van der Waals surface area contributed by atoms with Gasteiger partial charge in [-0.2, -0.15) is 0 Å². The lowest BCUT2D eigenvalue weighted by Crippen LogP contribution is -2.41. The number of nitrogens with one attached hydrogen (secondary N) is 1. The summed E-state index contributed by atoms with van der Waals surface area (Å²) in [6.07, 6.45) is -0.968. The van der Waals surface area contributed by atoms with Crippen LogP contribution in [-0.2, 0) is 9.53 Å². The largest absolute Gasteiger partial charge is 0.465 e. The smallest absolute Gasteiger partial charge is 0.323 e. The number of rotatable bonds is 10. The zero-order chi connectivity index (χ0) is 14.0. The van der Waals surface area contributed by atoms with Crippen molar-refractivity contribution in [2.75, 3.05) is 33.3 Å². The Morgan fingerprint density at radius 3 is 2.56 bits per heavy atom. The van der Waals surface area contributed by atoms with Crippen molar-refractivity contribution >= 4 is 5.97 Å². The van der Waals surface area contributed by atoms with E-state index in [1.54, 1.807) is 14.0 Å². The van der Waals surface area contributed by atoms with Crippen LogP contribution in [0, 0.1) is 0 Å². The fourth-order valence-corrected chi connectivity index (χ4v) is 1.54. The van der Waals surface area contributed by atoms with Crippen molar-refractivity contribution in [1.29, 1.82) is 0 Å². The van der Waals surface area contributed by atoms with Crippen molar-refractivity contribution in [3.05, 3.63) is 0 Å². The lowest BCUT2D eigenvalue weighted by atomic mass is 10.2. The van der Waals surface area contributed by atoms with Crippen molar-refractivity contribution < 1.29 is 18.3 Å². The summed E-state index contributed by atoms with van der Waals surface area (Å²) in [5.74, 6) is -0.309. The molecule has 1 unspecified atom stereocenters. The fraction of sp³-hybridized carbons (Fsp3) is 0.917. The Hall–Kier alpha value is -0.750. The highest BCUT2D eigenvalue weighted by Gasteiger charge is 2.19. The van der Waals surface area contributed by atoms with Gasteiger partial charge >= 0.3 is 5.97 Å². The molecule has 0 spiro atoms. The van der Waals surface area contributed by atoms with Gasteiger partial charge in [-0.15, -0.1) is 0 Å². The molecule has 18 heavy (non-hydrogen) atoms. The number of esters is 1. The van der Waals surface area contributed by atoms with E-state index in [0.29, 0.717) is 26.1 Å². The van der Waals surface area contributed by atoms with Gasteiger partial charge < -0.3 is 15.0 Å². The van der Waals surface area contributed by atoms with Crippen LogP contribution >= 0.6 is 0 Å². The van der Waals surface area contributed by atoms with Crippen LogP contribution in [0.25, 0.3) is 0 Å². The first-order valence-corrected chi connectivity index (χ1v) is 6.37. The number of hydrogen-bond donors (Lipinski definition) is 1. The van der Waals surface area contributed by atoms with Crippen molar-refractivity contribution in [3.8, 4) is 0 Å². The summed E-state index contributed by atoms with van der Waals surface area (Å²) < 4.78 is 29.2. The predicted octanol–water partition coefficient (Wildman–Crippen LogP) is 1.50.